The standard InChI is InChI=1S/C46H31NS/c1-4-12-32(13-5-1)37-22-26-44(41(28-37)34-14-6-2-7-15-34)47(39-18-8-3-9-19-39)40-24-20-33(21-25-40)38-23-27-45-42(30-38)43-29-35-16-10-11-17-36(35)31-46(43)48-45/h1-31H. The summed E-state index contributed by atoms with van der Waals surface area (Å²) in [5, 5.41) is 5.22. The smallest absolute Gasteiger partial charge is 0.0540 e. The van der Waals surface area contributed by atoms with Crippen LogP contribution in [0.5, 0.6) is 0 Å². The Morgan fingerprint density at radius 2 is 0.854 bits per heavy atom. The summed E-state index contributed by atoms with van der Waals surface area (Å²) < 4.78 is 2.66. The first-order chi connectivity index (χ1) is 23.8. The van der Waals surface area contributed by atoms with Gasteiger partial charge in [-0.2, -0.15) is 0 Å². The Kier molecular flexibility index (Phi) is 7.07. The van der Waals surface area contributed by atoms with E-state index in [4.69, 9.17) is 0 Å². The molecule has 0 unspecified atom stereocenters. The van der Waals surface area contributed by atoms with Crippen LogP contribution in [0.25, 0.3) is 64.3 Å². The lowest BCUT2D eigenvalue weighted by atomic mass is 9.96. The summed E-state index contributed by atoms with van der Waals surface area (Å²) in [6.45, 7) is 0. The van der Waals surface area contributed by atoms with Crippen LogP contribution in [-0.4, -0.2) is 0 Å². The van der Waals surface area contributed by atoms with E-state index in [1.165, 1.54) is 64.3 Å². The third kappa shape index (κ3) is 5.13. The first-order valence-electron chi connectivity index (χ1n) is 16.3. The average molecular weight is 630 g/mol. The fraction of sp³-hybridized carbons (Fsp3) is 0. The van der Waals surface area contributed by atoms with Crippen LogP contribution in [-0.2, 0) is 0 Å². The Morgan fingerprint density at radius 1 is 0.333 bits per heavy atom. The molecule has 9 rings (SSSR count). The highest BCUT2D eigenvalue weighted by molar-refractivity contribution is 7.25. The van der Waals surface area contributed by atoms with Crippen molar-refractivity contribution in [2.75, 3.05) is 4.90 Å². The molecular formula is C46H31NS. The summed E-state index contributed by atoms with van der Waals surface area (Å²) in [5.41, 5.74) is 10.6. The third-order valence-electron chi connectivity index (χ3n) is 9.24. The minimum atomic E-state index is 1.11. The molecule has 0 saturated carbocycles. The van der Waals surface area contributed by atoms with Crippen LogP contribution in [0.1, 0.15) is 0 Å². The van der Waals surface area contributed by atoms with E-state index in [9.17, 15) is 0 Å². The van der Waals surface area contributed by atoms with Gasteiger partial charge in [0.2, 0.25) is 0 Å². The average Bonchev–Trinajstić information content (AvgIpc) is 3.52. The molecule has 226 valence electrons. The molecule has 0 aliphatic heterocycles. The monoisotopic (exact) mass is 629 g/mol. The van der Waals surface area contributed by atoms with Crippen molar-refractivity contribution in [1.82, 2.24) is 0 Å². The molecule has 8 aromatic carbocycles. The van der Waals surface area contributed by atoms with Gasteiger partial charge in [-0.05, 0) is 99.3 Å². The molecule has 0 bridgehead atoms. The van der Waals surface area contributed by atoms with Crippen LogP contribution in [0.4, 0.5) is 17.1 Å². The number of hydrogen-bond donors (Lipinski definition) is 0. The van der Waals surface area contributed by atoms with Gasteiger partial charge in [-0.1, -0.05) is 127 Å². The molecule has 0 fully saturated rings. The van der Waals surface area contributed by atoms with Crippen molar-refractivity contribution in [3.8, 4) is 33.4 Å². The van der Waals surface area contributed by atoms with Crippen LogP contribution in [0.15, 0.2) is 188 Å². The summed E-state index contributed by atoms with van der Waals surface area (Å²) >= 11 is 1.87. The van der Waals surface area contributed by atoms with Gasteiger partial charge >= 0.3 is 0 Å². The van der Waals surface area contributed by atoms with Crippen LogP contribution < -0.4 is 4.90 Å². The highest BCUT2D eigenvalue weighted by atomic mass is 32.1. The summed E-state index contributed by atoms with van der Waals surface area (Å²) in [5.74, 6) is 0. The second-order valence-electron chi connectivity index (χ2n) is 12.2. The van der Waals surface area contributed by atoms with Crippen molar-refractivity contribution in [1.29, 1.82) is 0 Å². The largest absolute Gasteiger partial charge is 0.310 e. The van der Waals surface area contributed by atoms with Gasteiger partial charge in [-0.25, -0.2) is 0 Å². The first-order valence-corrected chi connectivity index (χ1v) is 17.2. The summed E-state index contributed by atoms with van der Waals surface area (Å²) in [4.78, 5) is 2.38. The van der Waals surface area contributed by atoms with E-state index in [1.807, 2.05) is 11.3 Å². The number of rotatable bonds is 6. The predicted molar refractivity (Wildman–Crippen MR) is 208 cm³/mol. The lowest BCUT2D eigenvalue weighted by Crippen LogP contribution is -2.11. The van der Waals surface area contributed by atoms with Gasteiger partial charge < -0.3 is 4.90 Å². The molecule has 0 radical (unpaired) electrons. The maximum atomic E-state index is 2.38. The van der Waals surface area contributed by atoms with Gasteiger partial charge in [-0.15, -0.1) is 11.3 Å². The van der Waals surface area contributed by atoms with E-state index in [0.29, 0.717) is 0 Å². The zero-order chi connectivity index (χ0) is 31.9. The number of nitrogens with zero attached hydrogens (tertiary/aromatic N) is 1. The second-order valence-corrected chi connectivity index (χ2v) is 13.3. The molecule has 1 aromatic heterocycles. The van der Waals surface area contributed by atoms with Crippen LogP contribution in [0, 0.1) is 0 Å². The second kappa shape index (κ2) is 12.0. The van der Waals surface area contributed by atoms with Crippen LogP contribution in [0.3, 0.4) is 0 Å². The van der Waals surface area contributed by atoms with Crippen molar-refractivity contribution in [3.05, 3.63) is 188 Å². The quantitative estimate of drug-likeness (QED) is 0.177. The number of fused-ring (bicyclic) bond motifs is 4. The van der Waals surface area contributed by atoms with Crippen LogP contribution in [0.2, 0.25) is 0 Å². The Labute approximate surface area is 284 Å². The molecule has 0 aliphatic carbocycles. The van der Waals surface area contributed by atoms with Crippen molar-refractivity contribution in [2.45, 2.75) is 0 Å². The topological polar surface area (TPSA) is 3.24 Å². The van der Waals surface area contributed by atoms with E-state index >= 15 is 0 Å². The Hall–Kier alpha value is -5.96. The molecule has 9 aromatic rings. The lowest BCUT2D eigenvalue weighted by Gasteiger charge is -2.28. The molecule has 48 heavy (non-hydrogen) atoms. The maximum absolute atomic E-state index is 2.38. The first kappa shape index (κ1) is 28.3. The maximum Gasteiger partial charge on any atom is 0.0540 e. The van der Waals surface area contributed by atoms with Gasteiger partial charge in [0.1, 0.15) is 0 Å². The molecule has 0 spiro atoms. The predicted octanol–water partition coefficient (Wildman–Crippen LogP) is 13.7. The third-order valence-corrected chi connectivity index (χ3v) is 10.4. The molecule has 0 amide bonds. The summed E-state index contributed by atoms with van der Waals surface area (Å²) in [7, 11) is 0. The molecule has 0 saturated heterocycles. The molecule has 0 aliphatic rings. The number of anilines is 3. The minimum absolute atomic E-state index is 1.11. The van der Waals surface area contributed by atoms with E-state index < -0.39 is 0 Å². The highest BCUT2D eigenvalue weighted by Gasteiger charge is 2.18. The van der Waals surface area contributed by atoms with Crippen LogP contribution >= 0.6 is 11.3 Å². The summed E-state index contributed by atoms with van der Waals surface area (Å²) in [6, 6.07) is 68.1. The molecule has 1 heterocycles. The number of thiophene rings is 1. The zero-order valence-corrected chi connectivity index (χ0v) is 27.1. The van der Waals surface area contributed by atoms with E-state index in [0.717, 1.165) is 17.1 Å². The van der Waals surface area contributed by atoms with E-state index in [-0.39, 0.29) is 0 Å². The molecule has 2 heteroatoms. The minimum Gasteiger partial charge on any atom is -0.310 e. The Morgan fingerprint density at radius 3 is 1.58 bits per heavy atom. The van der Waals surface area contributed by atoms with Gasteiger partial charge in [0.25, 0.3) is 0 Å². The van der Waals surface area contributed by atoms with Gasteiger partial charge in [0, 0.05) is 37.1 Å². The van der Waals surface area contributed by atoms with E-state index in [1.54, 1.807) is 0 Å². The fourth-order valence-electron chi connectivity index (χ4n) is 6.84. The fourth-order valence-corrected chi connectivity index (χ4v) is 7.96. The highest BCUT2D eigenvalue weighted by Crippen LogP contribution is 2.43. The molecular weight excluding hydrogens is 599 g/mol. The van der Waals surface area contributed by atoms with Crippen molar-refractivity contribution in [3.63, 3.8) is 0 Å². The molecule has 0 atom stereocenters. The van der Waals surface area contributed by atoms with Crippen molar-refractivity contribution in [2.24, 2.45) is 0 Å². The SMILES string of the molecule is c1ccc(-c2ccc(N(c3ccccc3)c3ccc(-c4ccc5sc6cc7ccccc7cc6c5c4)cc3)c(-c3ccccc3)c2)cc1. The molecule has 0 N–H and O–H groups in total. The number of hydrogen-bond acceptors (Lipinski definition) is 2. The van der Waals surface area contributed by atoms with Crippen molar-refractivity contribution < 1.29 is 0 Å². The zero-order valence-electron chi connectivity index (χ0n) is 26.3. The molecule has 1 nitrogen and oxygen atoms in total. The Bertz CT molecular complexity index is 2530. The number of para-hydroxylation sites is 1. The Balaban J connectivity index is 1.15. The van der Waals surface area contributed by atoms with Gasteiger partial charge in [-0.3, -0.25) is 0 Å². The normalized spacial score (nSPS) is 11.3. The summed E-state index contributed by atoms with van der Waals surface area (Å²) in [6.07, 6.45) is 0. The lowest BCUT2D eigenvalue weighted by molar-refractivity contribution is 1.28. The number of benzene rings is 8. The van der Waals surface area contributed by atoms with Crippen molar-refractivity contribution >= 4 is 59.3 Å². The van der Waals surface area contributed by atoms with E-state index in [2.05, 4.69) is 193 Å². The van der Waals surface area contributed by atoms with Gasteiger partial charge in [0.15, 0.2) is 0 Å². The van der Waals surface area contributed by atoms with Gasteiger partial charge in [0.05, 0.1) is 5.69 Å².